The van der Waals surface area contributed by atoms with Crippen molar-refractivity contribution in [3.05, 3.63) is 78.6 Å². The van der Waals surface area contributed by atoms with Crippen LogP contribution in [0.4, 0.5) is 23.4 Å². The van der Waals surface area contributed by atoms with E-state index in [4.69, 9.17) is 5.73 Å². The van der Waals surface area contributed by atoms with Crippen LogP contribution >= 0.6 is 0 Å². The van der Waals surface area contributed by atoms with Gasteiger partial charge in [0.15, 0.2) is 5.82 Å². The fraction of sp³-hybridized carbons (Fsp3) is 0.143. The van der Waals surface area contributed by atoms with Gasteiger partial charge < -0.3 is 21.5 Å². The van der Waals surface area contributed by atoms with Gasteiger partial charge in [-0.2, -0.15) is 9.67 Å². The zero-order valence-corrected chi connectivity index (χ0v) is 16.2. The molecular formula is C21H22N8O. The van der Waals surface area contributed by atoms with Crippen molar-refractivity contribution in [1.29, 1.82) is 0 Å². The zero-order chi connectivity index (χ0) is 20.8. The fourth-order valence-corrected chi connectivity index (χ4v) is 3.01. The van der Waals surface area contributed by atoms with E-state index in [1.54, 1.807) is 6.07 Å². The van der Waals surface area contributed by atoms with Gasteiger partial charge >= 0.3 is 0 Å². The van der Waals surface area contributed by atoms with E-state index in [1.165, 1.54) is 11.0 Å². The Morgan fingerprint density at radius 1 is 1.00 bits per heavy atom. The smallest absolute Gasteiger partial charge is 0.248 e. The number of nitrogens with zero attached hydrogens (tertiary/aromatic N) is 5. The third-order valence-electron chi connectivity index (χ3n) is 4.43. The standard InChI is InChI=1S/C21H22N8O/c22-20-27-21(26-16-9-5-2-6-10-16)28-29(20)19-12-18(23-14-24-19)25-17(13-30)11-15-7-3-1-4-8-15/h1-10,12,14,17,30H,11,13H2,(H,23,24,25)(H3,22,26,27,28). The highest BCUT2D eigenvalue weighted by Gasteiger charge is 2.13. The number of nitrogens with one attached hydrogen (secondary N) is 2. The van der Waals surface area contributed by atoms with Gasteiger partial charge in [0.2, 0.25) is 11.9 Å². The first-order valence-electron chi connectivity index (χ1n) is 9.49. The lowest BCUT2D eigenvalue weighted by atomic mass is 10.1. The molecule has 0 fully saturated rings. The van der Waals surface area contributed by atoms with Crippen molar-refractivity contribution in [2.75, 3.05) is 23.0 Å². The number of benzene rings is 2. The highest BCUT2D eigenvalue weighted by molar-refractivity contribution is 5.54. The molecule has 0 bridgehead atoms. The number of rotatable bonds is 8. The third-order valence-corrected chi connectivity index (χ3v) is 4.43. The molecule has 30 heavy (non-hydrogen) atoms. The molecule has 0 radical (unpaired) electrons. The predicted octanol–water partition coefficient (Wildman–Crippen LogP) is 2.40. The molecule has 2 aromatic carbocycles. The van der Waals surface area contributed by atoms with Crippen LogP contribution in [0.2, 0.25) is 0 Å². The van der Waals surface area contributed by atoms with E-state index in [-0.39, 0.29) is 18.6 Å². The summed E-state index contributed by atoms with van der Waals surface area (Å²) in [6.45, 7) is -0.0369. The first kappa shape index (κ1) is 19.3. The second kappa shape index (κ2) is 9.01. The van der Waals surface area contributed by atoms with Crippen LogP contribution in [0.15, 0.2) is 73.1 Å². The number of hydrogen-bond acceptors (Lipinski definition) is 8. The Balaban J connectivity index is 1.50. The molecule has 1 unspecified atom stereocenters. The van der Waals surface area contributed by atoms with Crippen molar-refractivity contribution in [3.63, 3.8) is 0 Å². The van der Waals surface area contributed by atoms with Gasteiger partial charge in [0.05, 0.1) is 12.6 Å². The Bertz CT molecular complexity index is 1080. The minimum absolute atomic E-state index is 0.0369. The molecule has 0 aliphatic heterocycles. The molecule has 4 aromatic rings. The molecule has 5 N–H and O–H groups in total. The van der Waals surface area contributed by atoms with Crippen molar-refractivity contribution < 1.29 is 5.11 Å². The molecule has 4 rings (SSSR count). The van der Waals surface area contributed by atoms with Crippen molar-refractivity contribution in [3.8, 4) is 5.82 Å². The van der Waals surface area contributed by atoms with Gasteiger partial charge in [-0.15, -0.1) is 5.10 Å². The SMILES string of the molecule is Nc1nc(Nc2ccccc2)nn1-c1cc(NC(CO)Cc2ccccc2)ncn1. The number of anilines is 4. The minimum Gasteiger partial charge on any atom is -0.394 e. The molecule has 0 saturated heterocycles. The Morgan fingerprint density at radius 2 is 1.73 bits per heavy atom. The molecule has 2 heterocycles. The maximum atomic E-state index is 9.76. The van der Waals surface area contributed by atoms with Crippen LogP contribution in [-0.2, 0) is 6.42 Å². The highest BCUT2D eigenvalue weighted by atomic mass is 16.3. The van der Waals surface area contributed by atoms with Crippen molar-refractivity contribution in [2.24, 2.45) is 0 Å². The predicted molar refractivity (Wildman–Crippen MR) is 116 cm³/mol. The number of para-hydroxylation sites is 1. The molecule has 2 aromatic heterocycles. The largest absolute Gasteiger partial charge is 0.394 e. The zero-order valence-electron chi connectivity index (χ0n) is 16.2. The van der Waals surface area contributed by atoms with Crippen LogP contribution in [0.5, 0.6) is 0 Å². The van der Waals surface area contributed by atoms with Gasteiger partial charge in [-0.25, -0.2) is 9.97 Å². The second-order valence-electron chi connectivity index (χ2n) is 6.67. The number of aliphatic hydroxyl groups excluding tert-OH is 1. The lowest BCUT2D eigenvalue weighted by molar-refractivity contribution is 0.273. The number of aromatic nitrogens is 5. The summed E-state index contributed by atoms with van der Waals surface area (Å²) in [7, 11) is 0. The van der Waals surface area contributed by atoms with Gasteiger partial charge in [-0.05, 0) is 24.1 Å². The molecule has 0 saturated carbocycles. The minimum atomic E-state index is -0.196. The normalized spacial score (nSPS) is 11.8. The van der Waals surface area contributed by atoms with Crippen LogP contribution < -0.4 is 16.4 Å². The Labute approximate surface area is 173 Å². The first-order valence-corrected chi connectivity index (χ1v) is 9.49. The molecule has 1 atom stereocenters. The van der Waals surface area contributed by atoms with E-state index in [2.05, 4.69) is 30.7 Å². The average molecular weight is 402 g/mol. The number of aliphatic hydroxyl groups is 1. The van der Waals surface area contributed by atoms with E-state index in [1.807, 2.05) is 60.7 Å². The lowest BCUT2D eigenvalue weighted by Crippen LogP contribution is -2.27. The van der Waals surface area contributed by atoms with Crippen LogP contribution in [0.3, 0.4) is 0 Å². The molecule has 152 valence electrons. The Morgan fingerprint density at radius 3 is 2.47 bits per heavy atom. The van der Waals surface area contributed by atoms with Crippen LogP contribution in [0.25, 0.3) is 5.82 Å². The van der Waals surface area contributed by atoms with Crippen LogP contribution in [-0.4, -0.2) is 42.5 Å². The van der Waals surface area contributed by atoms with E-state index < -0.39 is 0 Å². The van der Waals surface area contributed by atoms with E-state index in [0.717, 1.165) is 11.3 Å². The number of nitrogen functional groups attached to an aromatic ring is 1. The summed E-state index contributed by atoms with van der Waals surface area (Å²) in [5, 5.41) is 20.5. The van der Waals surface area contributed by atoms with Crippen LogP contribution in [0, 0.1) is 0 Å². The number of hydrogen-bond donors (Lipinski definition) is 4. The molecule has 0 aliphatic carbocycles. The first-order chi connectivity index (χ1) is 14.7. The molecule has 0 amide bonds. The number of nitrogens with two attached hydrogens (primary N) is 1. The summed E-state index contributed by atoms with van der Waals surface area (Å²) in [5.74, 6) is 1.59. The van der Waals surface area contributed by atoms with Crippen molar-refractivity contribution >= 4 is 23.4 Å². The maximum absolute atomic E-state index is 9.76. The molecular weight excluding hydrogens is 380 g/mol. The lowest BCUT2D eigenvalue weighted by Gasteiger charge is -2.17. The molecule has 0 spiro atoms. The Kier molecular flexibility index (Phi) is 5.81. The molecule has 9 heteroatoms. The summed E-state index contributed by atoms with van der Waals surface area (Å²) in [4.78, 5) is 12.7. The average Bonchev–Trinajstić information content (AvgIpc) is 3.15. The van der Waals surface area contributed by atoms with E-state index in [0.29, 0.717) is 24.0 Å². The monoisotopic (exact) mass is 402 g/mol. The molecule has 0 aliphatic rings. The maximum Gasteiger partial charge on any atom is 0.248 e. The van der Waals surface area contributed by atoms with Gasteiger partial charge in [-0.1, -0.05) is 48.5 Å². The summed E-state index contributed by atoms with van der Waals surface area (Å²) >= 11 is 0. The quantitative estimate of drug-likeness (QED) is 0.354. The van der Waals surface area contributed by atoms with Gasteiger partial charge in [-0.3, -0.25) is 0 Å². The Hall–Kier alpha value is -3.98. The van der Waals surface area contributed by atoms with E-state index >= 15 is 0 Å². The summed E-state index contributed by atoms with van der Waals surface area (Å²) < 4.78 is 1.43. The summed E-state index contributed by atoms with van der Waals surface area (Å²) in [5.41, 5.74) is 8.01. The fourth-order valence-electron chi connectivity index (χ4n) is 3.01. The highest BCUT2D eigenvalue weighted by Crippen LogP contribution is 2.18. The van der Waals surface area contributed by atoms with Crippen molar-refractivity contribution in [1.82, 2.24) is 24.7 Å². The van der Waals surface area contributed by atoms with E-state index in [9.17, 15) is 5.11 Å². The summed E-state index contributed by atoms with van der Waals surface area (Å²) in [6, 6.07) is 21.0. The third kappa shape index (κ3) is 4.70. The topological polar surface area (TPSA) is 127 Å². The summed E-state index contributed by atoms with van der Waals surface area (Å²) in [6.07, 6.45) is 2.08. The van der Waals surface area contributed by atoms with Crippen molar-refractivity contribution in [2.45, 2.75) is 12.5 Å². The van der Waals surface area contributed by atoms with Crippen LogP contribution in [0.1, 0.15) is 5.56 Å². The second-order valence-corrected chi connectivity index (χ2v) is 6.67. The van der Waals surface area contributed by atoms with Gasteiger partial charge in [0.1, 0.15) is 12.1 Å². The van der Waals surface area contributed by atoms with Gasteiger partial charge in [0, 0.05) is 11.8 Å². The van der Waals surface area contributed by atoms with Gasteiger partial charge in [0.25, 0.3) is 0 Å². The molecule has 9 nitrogen and oxygen atoms in total.